The number of carbonyl (C=O) groups is 1. The van der Waals surface area contributed by atoms with E-state index in [2.05, 4.69) is 44.8 Å². The van der Waals surface area contributed by atoms with Gasteiger partial charge in [0.15, 0.2) is 0 Å². The highest BCUT2D eigenvalue weighted by molar-refractivity contribution is 6.15. The van der Waals surface area contributed by atoms with Gasteiger partial charge in [-0.3, -0.25) is 4.79 Å². The molecule has 3 N–H and O–H groups in total. The molecule has 6 heteroatoms. The van der Waals surface area contributed by atoms with Crippen molar-refractivity contribution in [1.82, 2.24) is 0 Å². The number of allylic oxidation sites excluding steroid dienone is 6. The fourth-order valence-electron chi connectivity index (χ4n) is 4.18. The number of nitrogens with one attached hydrogen (secondary N) is 1. The van der Waals surface area contributed by atoms with Crippen molar-refractivity contribution >= 4 is 23.0 Å². The number of hydrogen-bond donors (Lipinski definition) is 3. The number of ether oxygens (including phenoxy) is 1. The average Bonchev–Trinajstić information content (AvgIpc) is 2.95. The Balaban J connectivity index is 1.86. The van der Waals surface area contributed by atoms with Crippen LogP contribution in [-0.2, 0) is 0 Å². The van der Waals surface area contributed by atoms with Crippen LogP contribution in [0.25, 0.3) is 0 Å². The smallest absolute Gasteiger partial charge is 0.260 e. The van der Waals surface area contributed by atoms with Crippen molar-refractivity contribution in [2.75, 3.05) is 23.9 Å². The summed E-state index contributed by atoms with van der Waals surface area (Å²) in [6.45, 7) is 10.6. The van der Waals surface area contributed by atoms with Crippen molar-refractivity contribution in [3.8, 4) is 17.2 Å². The molecule has 0 saturated heterocycles. The number of methoxy groups -OCH3 is 1. The van der Waals surface area contributed by atoms with Crippen molar-refractivity contribution in [2.45, 2.75) is 46.5 Å². The third-order valence-corrected chi connectivity index (χ3v) is 6.16. The first-order valence-corrected chi connectivity index (χ1v) is 12.2. The lowest BCUT2D eigenvalue weighted by Crippen LogP contribution is -2.30. The molecule has 0 saturated carbocycles. The van der Waals surface area contributed by atoms with Crippen LogP contribution < -0.4 is 15.0 Å². The molecule has 0 radical (unpaired) electrons. The van der Waals surface area contributed by atoms with Crippen molar-refractivity contribution in [3.05, 3.63) is 83.5 Å². The number of phenols is 2. The number of rotatable bonds is 10. The Bertz CT molecular complexity index is 1220. The highest BCUT2D eigenvalue weighted by Gasteiger charge is 2.30. The van der Waals surface area contributed by atoms with Crippen LogP contribution in [-0.4, -0.2) is 29.8 Å². The monoisotopic (exact) mass is 488 g/mol. The number of anilines is 3. The maximum Gasteiger partial charge on any atom is 0.260 e. The summed E-state index contributed by atoms with van der Waals surface area (Å²) in [5.41, 5.74) is 5.30. The normalized spacial score (nSPS) is 13.3. The van der Waals surface area contributed by atoms with Gasteiger partial charge in [-0.2, -0.15) is 0 Å². The van der Waals surface area contributed by atoms with E-state index >= 15 is 0 Å². The Morgan fingerprint density at radius 1 is 1.06 bits per heavy atom. The first-order chi connectivity index (χ1) is 17.2. The largest absolute Gasteiger partial charge is 0.508 e. The first-order valence-electron chi connectivity index (χ1n) is 12.2. The van der Waals surface area contributed by atoms with Crippen molar-refractivity contribution < 1.29 is 19.7 Å². The number of phenolic OH excluding ortho intramolecular Hbond substituents is 2. The van der Waals surface area contributed by atoms with E-state index in [0.29, 0.717) is 28.4 Å². The van der Waals surface area contributed by atoms with E-state index in [9.17, 15) is 15.0 Å². The van der Waals surface area contributed by atoms with Gasteiger partial charge in [0.05, 0.1) is 24.0 Å². The molecule has 0 spiro atoms. The van der Waals surface area contributed by atoms with Crippen LogP contribution in [0.1, 0.15) is 56.8 Å². The molecule has 36 heavy (non-hydrogen) atoms. The van der Waals surface area contributed by atoms with E-state index in [1.165, 1.54) is 35.3 Å². The molecule has 0 aliphatic carbocycles. The maximum absolute atomic E-state index is 13.6. The Morgan fingerprint density at radius 2 is 1.81 bits per heavy atom. The topological polar surface area (TPSA) is 82.0 Å². The van der Waals surface area contributed by atoms with Gasteiger partial charge in [0, 0.05) is 18.7 Å². The number of fused-ring (bicyclic) bond motifs is 2. The standard InChI is InChI=1S/C30H36N2O4/c1-6-22(13-8-12-21(4)11-7-10-20(2)3)16-17-32-25-18-23(33)19-26(34)29(25)31-28-24(30(32)35)14-9-15-27(28)36-5/h6,9-10,12,14-16,18-19,31,33-34H,1,7-8,11,13,17H2,2-5H3/b21-12+,22-16+. The van der Waals surface area contributed by atoms with Gasteiger partial charge in [-0.15, -0.1) is 0 Å². The number of benzene rings is 2. The molecule has 1 amide bonds. The Labute approximate surface area is 213 Å². The van der Waals surface area contributed by atoms with Crippen LogP contribution >= 0.6 is 0 Å². The molecular weight excluding hydrogens is 452 g/mol. The number of amides is 1. The second-order valence-electron chi connectivity index (χ2n) is 9.18. The van der Waals surface area contributed by atoms with Crippen molar-refractivity contribution in [3.63, 3.8) is 0 Å². The number of nitrogens with zero attached hydrogens (tertiary/aromatic N) is 1. The van der Waals surface area contributed by atoms with Gasteiger partial charge in [0.1, 0.15) is 22.9 Å². The van der Waals surface area contributed by atoms with Gasteiger partial charge in [-0.05, 0) is 58.6 Å². The molecule has 1 heterocycles. The first kappa shape index (κ1) is 26.7. The Hall–Kier alpha value is -3.93. The van der Waals surface area contributed by atoms with Crippen molar-refractivity contribution in [2.24, 2.45) is 0 Å². The third-order valence-electron chi connectivity index (χ3n) is 6.16. The van der Waals surface area contributed by atoms with Gasteiger partial charge < -0.3 is 25.2 Å². The lowest BCUT2D eigenvalue weighted by Gasteiger charge is -2.22. The molecule has 0 fully saturated rings. The predicted octanol–water partition coefficient (Wildman–Crippen LogP) is 7.40. The fraction of sp³-hybridized carbons (Fsp3) is 0.300. The summed E-state index contributed by atoms with van der Waals surface area (Å²) >= 11 is 0. The SMILES string of the molecule is C=C/C(=C\CN1C(=O)c2cccc(OC)c2Nc2c(O)cc(O)cc21)CC/C=C(\C)CCC=C(C)C. The van der Waals surface area contributed by atoms with Crippen molar-refractivity contribution in [1.29, 1.82) is 0 Å². The number of para-hydroxylation sites is 1. The molecule has 0 atom stereocenters. The van der Waals surface area contributed by atoms with Gasteiger partial charge in [-0.25, -0.2) is 0 Å². The summed E-state index contributed by atoms with van der Waals surface area (Å²) in [6.07, 6.45) is 12.0. The summed E-state index contributed by atoms with van der Waals surface area (Å²) in [7, 11) is 1.53. The zero-order valence-corrected chi connectivity index (χ0v) is 21.6. The van der Waals surface area contributed by atoms with E-state index in [0.717, 1.165) is 31.3 Å². The zero-order valence-electron chi connectivity index (χ0n) is 21.6. The molecule has 2 aromatic carbocycles. The van der Waals surface area contributed by atoms with Gasteiger partial charge in [0.25, 0.3) is 5.91 Å². The fourth-order valence-corrected chi connectivity index (χ4v) is 4.18. The van der Waals surface area contributed by atoms with Crippen LogP contribution in [0.4, 0.5) is 17.1 Å². The molecule has 2 aromatic rings. The summed E-state index contributed by atoms with van der Waals surface area (Å²) in [5, 5.41) is 23.9. The van der Waals surface area contributed by atoms with E-state index in [4.69, 9.17) is 4.74 Å². The molecular formula is C30H36N2O4. The lowest BCUT2D eigenvalue weighted by atomic mass is 10.1. The van der Waals surface area contributed by atoms with Gasteiger partial charge in [-0.1, -0.05) is 53.7 Å². The highest BCUT2D eigenvalue weighted by Crippen LogP contribution is 2.46. The number of hydrogen-bond acceptors (Lipinski definition) is 5. The summed E-state index contributed by atoms with van der Waals surface area (Å²) in [4.78, 5) is 15.2. The highest BCUT2D eigenvalue weighted by atomic mass is 16.5. The zero-order chi connectivity index (χ0) is 26.2. The van der Waals surface area contributed by atoms with E-state index in [-0.39, 0.29) is 24.0 Å². The van der Waals surface area contributed by atoms with Crippen LogP contribution in [0, 0.1) is 0 Å². The summed E-state index contributed by atoms with van der Waals surface area (Å²) in [6, 6.07) is 7.92. The minimum atomic E-state index is -0.269. The van der Waals surface area contributed by atoms with Crippen LogP contribution in [0.2, 0.25) is 0 Å². The minimum absolute atomic E-state index is 0.134. The van der Waals surface area contributed by atoms with Gasteiger partial charge in [0.2, 0.25) is 0 Å². The summed E-state index contributed by atoms with van der Waals surface area (Å²) < 4.78 is 5.45. The molecule has 0 unspecified atom stereocenters. The van der Waals surface area contributed by atoms with Crippen LogP contribution in [0.15, 0.2) is 77.9 Å². The van der Waals surface area contributed by atoms with E-state index < -0.39 is 0 Å². The number of aromatic hydroxyl groups is 2. The Morgan fingerprint density at radius 3 is 2.50 bits per heavy atom. The molecule has 0 aromatic heterocycles. The van der Waals surface area contributed by atoms with Crippen LogP contribution in [0.3, 0.4) is 0 Å². The van der Waals surface area contributed by atoms with E-state index in [1.807, 2.05) is 12.2 Å². The quantitative estimate of drug-likeness (QED) is 0.140. The molecule has 0 bridgehead atoms. The van der Waals surface area contributed by atoms with Crippen LogP contribution in [0.5, 0.6) is 17.2 Å². The third kappa shape index (κ3) is 6.39. The number of carbonyl (C=O) groups excluding carboxylic acids is 1. The molecule has 6 nitrogen and oxygen atoms in total. The minimum Gasteiger partial charge on any atom is -0.508 e. The van der Waals surface area contributed by atoms with E-state index in [1.54, 1.807) is 18.2 Å². The van der Waals surface area contributed by atoms with Gasteiger partial charge >= 0.3 is 0 Å². The second-order valence-corrected chi connectivity index (χ2v) is 9.18. The summed E-state index contributed by atoms with van der Waals surface area (Å²) in [5.74, 6) is -0.0846. The molecule has 3 rings (SSSR count). The lowest BCUT2D eigenvalue weighted by molar-refractivity contribution is 0.0991. The maximum atomic E-state index is 13.6. The average molecular weight is 489 g/mol. The molecule has 1 aliphatic rings. The Kier molecular flexibility index (Phi) is 9.01. The molecule has 1 aliphatic heterocycles. The predicted molar refractivity (Wildman–Crippen MR) is 148 cm³/mol. The molecule has 190 valence electrons. The second kappa shape index (κ2) is 12.2.